The van der Waals surface area contributed by atoms with E-state index in [1.165, 1.54) is 0 Å². The van der Waals surface area contributed by atoms with E-state index in [2.05, 4.69) is 38.8 Å². The first-order valence-corrected chi connectivity index (χ1v) is 10.4. The summed E-state index contributed by atoms with van der Waals surface area (Å²) in [5, 5.41) is 0.243. The Morgan fingerprint density at radius 2 is 1.76 bits per heavy atom. The van der Waals surface area contributed by atoms with Crippen LogP contribution < -0.4 is 4.74 Å². The Kier molecular flexibility index (Phi) is 6.84. The monoisotopic (exact) mass is 311 g/mol. The van der Waals surface area contributed by atoms with Crippen molar-refractivity contribution in [2.24, 2.45) is 0 Å². The van der Waals surface area contributed by atoms with Gasteiger partial charge in [0.25, 0.3) is 0 Å². The molecule has 0 aliphatic rings. The Morgan fingerprint density at radius 3 is 2.38 bits per heavy atom. The predicted molar refractivity (Wildman–Crippen MR) is 88.4 cm³/mol. The maximum atomic E-state index is 6.04. The Balaban J connectivity index is 2.10. The number of nitrogens with zero attached hydrogens (tertiary/aromatic N) is 1. The molecule has 0 unspecified atom stereocenters. The van der Waals surface area contributed by atoms with Crippen LogP contribution in [0.1, 0.15) is 26.3 Å². The fourth-order valence-electron chi connectivity index (χ4n) is 1.47. The molecule has 0 aliphatic carbocycles. The van der Waals surface area contributed by atoms with Crippen LogP contribution in [-0.2, 0) is 9.16 Å². The molecule has 0 saturated heterocycles. The van der Waals surface area contributed by atoms with Gasteiger partial charge in [0.05, 0.1) is 19.8 Å². The van der Waals surface area contributed by atoms with E-state index >= 15 is 0 Å². The van der Waals surface area contributed by atoms with Crippen LogP contribution in [0.3, 0.4) is 0 Å². The van der Waals surface area contributed by atoms with Crippen LogP contribution in [0, 0.1) is 6.92 Å². The summed E-state index contributed by atoms with van der Waals surface area (Å²) in [5.41, 5.74) is 1.14. The van der Waals surface area contributed by atoms with Gasteiger partial charge in [-0.2, -0.15) is 0 Å². The highest BCUT2D eigenvalue weighted by Crippen LogP contribution is 2.36. The average Bonchev–Trinajstić information content (AvgIpc) is 2.36. The van der Waals surface area contributed by atoms with Crippen molar-refractivity contribution in [3.05, 3.63) is 23.9 Å². The van der Waals surface area contributed by atoms with Gasteiger partial charge in [-0.05, 0) is 36.7 Å². The van der Waals surface area contributed by atoms with Gasteiger partial charge in [-0.25, -0.2) is 4.98 Å². The van der Waals surface area contributed by atoms with Gasteiger partial charge in [0.15, 0.2) is 8.32 Å². The minimum Gasteiger partial charge on any atom is -0.475 e. The number of hydrogen-bond acceptors (Lipinski definition) is 4. The number of hydrogen-bond donors (Lipinski definition) is 0. The molecule has 0 N–H and O–H groups in total. The van der Waals surface area contributed by atoms with Crippen LogP contribution in [0.4, 0.5) is 0 Å². The van der Waals surface area contributed by atoms with E-state index in [0.29, 0.717) is 32.3 Å². The summed E-state index contributed by atoms with van der Waals surface area (Å²) in [7, 11) is -1.65. The molecule has 0 amide bonds. The molecule has 0 radical (unpaired) electrons. The van der Waals surface area contributed by atoms with Crippen LogP contribution in [0.2, 0.25) is 18.1 Å². The Morgan fingerprint density at radius 1 is 1.10 bits per heavy atom. The van der Waals surface area contributed by atoms with Gasteiger partial charge in [0, 0.05) is 12.3 Å². The number of aryl methyl sites for hydroxylation is 1. The van der Waals surface area contributed by atoms with Crippen LogP contribution >= 0.6 is 0 Å². The highest BCUT2D eigenvalue weighted by molar-refractivity contribution is 6.74. The third-order valence-electron chi connectivity index (χ3n) is 3.86. The third kappa shape index (κ3) is 6.59. The second kappa shape index (κ2) is 7.92. The summed E-state index contributed by atoms with van der Waals surface area (Å²) >= 11 is 0. The lowest BCUT2D eigenvalue weighted by atomic mass is 10.2. The summed E-state index contributed by atoms with van der Waals surface area (Å²) < 4.78 is 17.1. The Bertz CT molecular complexity index is 430. The molecule has 5 heteroatoms. The van der Waals surface area contributed by atoms with Crippen molar-refractivity contribution >= 4 is 8.32 Å². The molecule has 1 aromatic heterocycles. The van der Waals surface area contributed by atoms with Crippen molar-refractivity contribution in [2.75, 3.05) is 26.4 Å². The minimum atomic E-state index is -1.65. The maximum Gasteiger partial charge on any atom is 0.213 e. The number of rotatable bonds is 8. The van der Waals surface area contributed by atoms with Gasteiger partial charge in [-0.15, -0.1) is 0 Å². The zero-order valence-corrected chi connectivity index (χ0v) is 15.2. The molecule has 1 rings (SSSR count). The van der Waals surface area contributed by atoms with Gasteiger partial charge < -0.3 is 13.9 Å². The maximum absolute atomic E-state index is 6.04. The zero-order valence-electron chi connectivity index (χ0n) is 14.2. The van der Waals surface area contributed by atoms with Crippen LogP contribution in [0.25, 0.3) is 0 Å². The Labute approximate surface area is 130 Å². The first-order valence-electron chi connectivity index (χ1n) is 7.49. The molecule has 21 heavy (non-hydrogen) atoms. The van der Waals surface area contributed by atoms with E-state index in [0.717, 1.165) is 5.56 Å². The summed E-state index contributed by atoms with van der Waals surface area (Å²) in [4.78, 5) is 4.14. The van der Waals surface area contributed by atoms with Gasteiger partial charge in [0.1, 0.15) is 6.61 Å². The fourth-order valence-corrected chi connectivity index (χ4v) is 2.49. The standard InChI is InChI=1S/C16H29NO3Si/c1-14-7-8-17-15(13-14)19-11-9-18-10-12-20-21(5,6)16(2,3)4/h7-8,13H,9-12H2,1-6H3. The van der Waals surface area contributed by atoms with E-state index < -0.39 is 8.32 Å². The molecule has 120 valence electrons. The van der Waals surface area contributed by atoms with Crippen molar-refractivity contribution < 1.29 is 13.9 Å². The highest BCUT2D eigenvalue weighted by Gasteiger charge is 2.36. The molecular weight excluding hydrogens is 282 g/mol. The normalized spacial score (nSPS) is 12.5. The molecular formula is C16H29NO3Si. The van der Waals surface area contributed by atoms with Crippen molar-refractivity contribution in [3.63, 3.8) is 0 Å². The van der Waals surface area contributed by atoms with Gasteiger partial charge in [0.2, 0.25) is 5.88 Å². The van der Waals surface area contributed by atoms with E-state index in [1.807, 2.05) is 19.1 Å². The lowest BCUT2D eigenvalue weighted by Crippen LogP contribution is -2.41. The van der Waals surface area contributed by atoms with E-state index in [1.54, 1.807) is 6.20 Å². The van der Waals surface area contributed by atoms with Gasteiger partial charge in [-0.1, -0.05) is 20.8 Å². The molecule has 0 atom stereocenters. The first-order chi connectivity index (χ1) is 9.72. The van der Waals surface area contributed by atoms with Crippen LogP contribution in [0.5, 0.6) is 5.88 Å². The van der Waals surface area contributed by atoms with Crippen molar-refractivity contribution in [1.82, 2.24) is 4.98 Å². The smallest absolute Gasteiger partial charge is 0.213 e. The third-order valence-corrected chi connectivity index (χ3v) is 8.40. The largest absolute Gasteiger partial charge is 0.475 e. The first kappa shape index (κ1) is 18.1. The topological polar surface area (TPSA) is 40.6 Å². The predicted octanol–water partition coefficient (Wildman–Crippen LogP) is 3.81. The number of ether oxygens (including phenoxy) is 2. The summed E-state index contributed by atoms with van der Waals surface area (Å²) in [6, 6.07) is 3.86. The lowest BCUT2D eigenvalue weighted by molar-refractivity contribution is 0.0720. The van der Waals surface area contributed by atoms with E-state index in [9.17, 15) is 0 Å². The van der Waals surface area contributed by atoms with Gasteiger partial charge in [-0.3, -0.25) is 0 Å². The second-order valence-electron chi connectivity index (χ2n) is 6.74. The molecule has 1 heterocycles. The summed E-state index contributed by atoms with van der Waals surface area (Å²) in [6.45, 7) is 15.6. The molecule has 1 aromatic rings. The molecule has 0 bridgehead atoms. The van der Waals surface area contributed by atoms with Crippen molar-refractivity contribution in [3.8, 4) is 5.88 Å². The van der Waals surface area contributed by atoms with Crippen LogP contribution in [0.15, 0.2) is 18.3 Å². The highest BCUT2D eigenvalue weighted by atomic mass is 28.4. The van der Waals surface area contributed by atoms with Crippen molar-refractivity contribution in [2.45, 2.75) is 45.8 Å². The van der Waals surface area contributed by atoms with E-state index in [4.69, 9.17) is 13.9 Å². The Hall–Kier alpha value is -0.913. The van der Waals surface area contributed by atoms with Crippen LogP contribution in [-0.4, -0.2) is 39.7 Å². The lowest BCUT2D eigenvalue weighted by Gasteiger charge is -2.36. The summed E-state index contributed by atoms with van der Waals surface area (Å²) in [6.07, 6.45) is 1.75. The second-order valence-corrected chi connectivity index (χ2v) is 11.6. The SMILES string of the molecule is Cc1ccnc(OCCOCCO[Si](C)(C)C(C)(C)C)c1. The fraction of sp³-hybridized carbons (Fsp3) is 0.688. The van der Waals surface area contributed by atoms with Gasteiger partial charge >= 0.3 is 0 Å². The molecule has 0 aromatic carbocycles. The number of pyridine rings is 1. The number of aromatic nitrogens is 1. The molecule has 0 saturated carbocycles. The van der Waals surface area contributed by atoms with E-state index in [-0.39, 0.29) is 5.04 Å². The molecule has 0 fully saturated rings. The molecule has 0 aliphatic heterocycles. The molecule has 0 spiro atoms. The summed E-state index contributed by atoms with van der Waals surface area (Å²) in [5.74, 6) is 0.649. The average molecular weight is 311 g/mol. The van der Waals surface area contributed by atoms with Crippen molar-refractivity contribution in [1.29, 1.82) is 0 Å². The zero-order chi connectivity index (χ0) is 15.9. The molecule has 4 nitrogen and oxygen atoms in total. The quantitative estimate of drug-likeness (QED) is 0.541. The minimum absolute atomic E-state index is 0.243.